The van der Waals surface area contributed by atoms with Crippen LogP contribution in [-0.2, 0) is 14.8 Å². The van der Waals surface area contributed by atoms with Crippen molar-refractivity contribution < 1.29 is 18.0 Å². The van der Waals surface area contributed by atoms with E-state index < -0.39 is 28.0 Å². The molecule has 9 heteroatoms. The lowest BCUT2D eigenvalue weighted by atomic mass is 10.1. The number of sulfonamides is 1. The molecule has 1 aliphatic rings. The van der Waals surface area contributed by atoms with Crippen LogP contribution >= 0.6 is 11.6 Å². The van der Waals surface area contributed by atoms with Crippen LogP contribution < -0.4 is 15.4 Å². The number of amides is 3. The van der Waals surface area contributed by atoms with E-state index >= 15 is 0 Å². The van der Waals surface area contributed by atoms with Gasteiger partial charge in [0.2, 0.25) is 10.0 Å². The fourth-order valence-corrected chi connectivity index (χ4v) is 3.57. The molecule has 0 spiro atoms. The molecule has 0 saturated carbocycles. The van der Waals surface area contributed by atoms with E-state index in [0.717, 1.165) is 6.42 Å². The molecule has 7 nitrogen and oxygen atoms in total. The lowest BCUT2D eigenvalue weighted by molar-refractivity contribution is -0.120. The van der Waals surface area contributed by atoms with Crippen LogP contribution in [0.25, 0.3) is 0 Å². The van der Waals surface area contributed by atoms with Crippen molar-refractivity contribution in [3.8, 4) is 0 Å². The minimum Gasteiger partial charge on any atom is -0.322 e. The molecular formula is C13H16ClN3O4S. The summed E-state index contributed by atoms with van der Waals surface area (Å²) in [6, 6.07) is 2.37. The molecule has 1 heterocycles. The molecule has 3 N–H and O–H groups in total. The van der Waals surface area contributed by atoms with Gasteiger partial charge in [-0.15, -0.1) is 0 Å². The number of carbonyl (C=O) groups excluding carboxylic acids is 2. The normalized spacial score (nSPS) is 18.2. The lowest BCUT2D eigenvalue weighted by Crippen LogP contribution is -2.28. The maximum absolute atomic E-state index is 12.4. The van der Waals surface area contributed by atoms with Crippen molar-refractivity contribution >= 4 is 33.6 Å². The van der Waals surface area contributed by atoms with Gasteiger partial charge in [0.25, 0.3) is 5.91 Å². The summed E-state index contributed by atoms with van der Waals surface area (Å²) in [6.45, 7) is 2.24. The van der Waals surface area contributed by atoms with E-state index in [2.05, 4.69) is 15.4 Å². The van der Waals surface area contributed by atoms with Gasteiger partial charge in [-0.05, 0) is 24.6 Å². The standard InChI is InChI=1S/C13H16ClN3O4S/c1-2-3-6-15-22(20,21)10-5-4-8(14)7-9(10)11-12(18)17-13(19)16-11/h4-5,7,11,15H,2-3,6H2,1H3,(H2,16,17,18,19). The summed E-state index contributed by atoms with van der Waals surface area (Å²) < 4.78 is 27.2. The zero-order valence-corrected chi connectivity index (χ0v) is 13.4. The number of benzene rings is 1. The second-order valence-electron chi connectivity index (χ2n) is 4.83. The Hall–Kier alpha value is -1.64. The first kappa shape index (κ1) is 16.7. The Morgan fingerprint density at radius 1 is 1.32 bits per heavy atom. The molecule has 0 bridgehead atoms. The van der Waals surface area contributed by atoms with Gasteiger partial charge in [-0.25, -0.2) is 17.9 Å². The maximum Gasteiger partial charge on any atom is 0.322 e. The van der Waals surface area contributed by atoms with E-state index in [4.69, 9.17) is 11.6 Å². The molecule has 0 aliphatic carbocycles. The molecule has 2 rings (SSSR count). The number of urea groups is 1. The van der Waals surface area contributed by atoms with Crippen molar-refractivity contribution in [1.29, 1.82) is 0 Å². The largest absolute Gasteiger partial charge is 0.322 e. The molecule has 120 valence electrons. The molecule has 1 aromatic carbocycles. The molecule has 1 unspecified atom stereocenters. The van der Waals surface area contributed by atoms with Crippen molar-refractivity contribution in [2.75, 3.05) is 6.54 Å². The molecule has 3 amide bonds. The minimum atomic E-state index is -3.80. The van der Waals surface area contributed by atoms with Crippen LogP contribution in [0.15, 0.2) is 23.1 Å². The third-order valence-corrected chi connectivity index (χ3v) is 4.94. The van der Waals surface area contributed by atoms with Gasteiger partial charge in [0, 0.05) is 17.1 Å². The zero-order valence-electron chi connectivity index (χ0n) is 11.8. The average Bonchev–Trinajstić information content (AvgIpc) is 2.77. The summed E-state index contributed by atoms with van der Waals surface area (Å²) >= 11 is 5.90. The smallest absolute Gasteiger partial charge is 0.322 e. The first-order valence-electron chi connectivity index (χ1n) is 6.75. The van der Waals surface area contributed by atoms with Gasteiger partial charge in [0.1, 0.15) is 6.04 Å². The molecule has 1 atom stereocenters. The Morgan fingerprint density at radius 3 is 2.64 bits per heavy atom. The SMILES string of the molecule is CCCCNS(=O)(=O)c1ccc(Cl)cc1C1NC(=O)NC1=O. The predicted molar refractivity (Wildman–Crippen MR) is 81.0 cm³/mol. The number of hydrogen-bond acceptors (Lipinski definition) is 4. The first-order valence-corrected chi connectivity index (χ1v) is 8.61. The van der Waals surface area contributed by atoms with Crippen molar-refractivity contribution in [1.82, 2.24) is 15.4 Å². The van der Waals surface area contributed by atoms with Crippen molar-refractivity contribution in [2.24, 2.45) is 0 Å². The summed E-state index contributed by atoms with van der Waals surface area (Å²) in [5.74, 6) is -0.614. The van der Waals surface area contributed by atoms with Crippen LogP contribution in [0.1, 0.15) is 31.4 Å². The summed E-state index contributed by atoms with van der Waals surface area (Å²) in [7, 11) is -3.80. The Morgan fingerprint density at radius 2 is 2.05 bits per heavy atom. The fourth-order valence-electron chi connectivity index (χ4n) is 2.09. The summed E-state index contributed by atoms with van der Waals surface area (Å²) in [5, 5.41) is 4.72. The number of hydrogen-bond donors (Lipinski definition) is 3. The van der Waals surface area contributed by atoms with Crippen LogP contribution in [0.2, 0.25) is 5.02 Å². The van der Waals surface area contributed by atoms with E-state index in [1.165, 1.54) is 18.2 Å². The van der Waals surface area contributed by atoms with E-state index in [0.29, 0.717) is 13.0 Å². The van der Waals surface area contributed by atoms with E-state index in [1.807, 2.05) is 6.92 Å². The van der Waals surface area contributed by atoms with Crippen LogP contribution in [0.5, 0.6) is 0 Å². The molecule has 1 fully saturated rings. The highest BCUT2D eigenvalue weighted by atomic mass is 35.5. The molecule has 0 radical (unpaired) electrons. The van der Waals surface area contributed by atoms with E-state index in [-0.39, 0.29) is 15.5 Å². The fraction of sp³-hybridized carbons (Fsp3) is 0.385. The molecule has 0 aromatic heterocycles. The third-order valence-electron chi connectivity index (χ3n) is 3.17. The van der Waals surface area contributed by atoms with Gasteiger partial charge in [0.15, 0.2) is 0 Å². The van der Waals surface area contributed by atoms with Gasteiger partial charge >= 0.3 is 6.03 Å². The number of imide groups is 1. The minimum absolute atomic E-state index is 0.0737. The highest BCUT2D eigenvalue weighted by Gasteiger charge is 2.35. The molecule has 1 aliphatic heterocycles. The van der Waals surface area contributed by atoms with Crippen molar-refractivity contribution in [3.05, 3.63) is 28.8 Å². The quantitative estimate of drug-likeness (QED) is 0.534. The monoisotopic (exact) mass is 345 g/mol. The lowest BCUT2D eigenvalue weighted by Gasteiger charge is -2.15. The van der Waals surface area contributed by atoms with Crippen molar-refractivity contribution in [2.45, 2.75) is 30.7 Å². The molecule has 1 saturated heterocycles. The number of nitrogens with one attached hydrogen (secondary N) is 3. The molecule has 22 heavy (non-hydrogen) atoms. The van der Waals surface area contributed by atoms with Gasteiger partial charge in [0.05, 0.1) is 4.90 Å². The van der Waals surface area contributed by atoms with Crippen LogP contribution in [-0.4, -0.2) is 26.9 Å². The number of halogens is 1. The number of carbonyl (C=O) groups is 2. The molecular weight excluding hydrogens is 330 g/mol. The Bertz CT molecular complexity index is 705. The summed E-state index contributed by atoms with van der Waals surface area (Å²) in [6.07, 6.45) is 1.54. The summed E-state index contributed by atoms with van der Waals surface area (Å²) in [5.41, 5.74) is 0.139. The van der Waals surface area contributed by atoms with E-state index in [9.17, 15) is 18.0 Å². The Kier molecular flexibility index (Phi) is 5.05. The maximum atomic E-state index is 12.4. The third kappa shape index (κ3) is 3.57. The zero-order chi connectivity index (χ0) is 16.3. The average molecular weight is 346 g/mol. The van der Waals surface area contributed by atoms with Gasteiger partial charge in [-0.2, -0.15) is 0 Å². The van der Waals surface area contributed by atoms with Crippen LogP contribution in [0.3, 0.4) is 0 Å². The van der Waals surface area contributed by atoms with Crippen LogP contribution in [0, 0.1) is 0 Å². The Labute approximate surface area is 133 Å². The van der Waals surface area contributed by atoms with Crippen molar-refractivity contribution in [3.63, 3.8) is 0 Å². The number of rotatable bonds is 6. The van der Waals surface area contributed by atoms with Gasteiger partial charge in [-0.1, -0.05) is 24.9 Å². The molecule has 1 aromatic rings. The van der Waals surface area contributed by atoms with E-state index in [1.54, 1.807) is 0 Å². The van der Waals surface area contributed by atoms with Crippen LogP contribution in [0.4, 0.5) is 4.79 Å². The predicted octanol–water partition coefficient (Wildman–Crippen LogP) is 1.30. The highest BCUT2D eigenvalue weighted by Crippen LogP contribution is 2.27. The first-order chi connectivity index (χ1) is 10.3. The van der Waals surface area contributed by atoms with Gasteiger partial charge < -0.3 is 5.32 Å². The van der Waals surface area contributed by atoms with Gasteiger partial charge in [-0.3, -0.25) is 10.1 Å². The second kappa shape index (κ2) is 6.64. The Balaban J connectivity index is 2.40. The number of unbranched alkanes of at least 4 members (excludes halogenated alkanes) is 1. The second-order valence-corrected chi connectivity index (χ2v) is 7.00. The highest BCUT2D eigenvalue weighted by molar-refractivity contribution is 7.89. The topological polar surface area (TPSA) is 104 Å². The summed E-state index contributed by atoms with van der Waals surface area (Å²) in [4.78, 5) is 23.0.